The first-order chi connectivity index (χ1) is 9.50. The highest BCUT2D eigenvalue weighted by atomic mass is 32.1. The monoisotopic (exact) mass is 286 g/mol. The van der Waals surface area contributed by atoms with Crippen LogP contribution in [0.4, 0.5) is 0 Å². The molecule has 0 aliphatic heterocycles. The summed E-state index contributed by atoms with van der Waals surface area (Å²) in [5.74, 6) is 0.517. The molecule has 106 valence electrons. The quantitative estimate of drug-likeness (QED) is 0.927. The molecular weight excluding hydrogens is 264 g/mol. The molecule has 20 heavy (non-hydrogen) atoms. The maximum Gasteiger partial charge on any atom is 0.101 e. The summed E-state index contributed by atoms with van der Waals surface area (Å²) in [6, 6.07) is 8.75. The lowest BCUT2D eigenvalue weighted by molar-refractivity contribution is 0.557. The van der Waals surface area contributed by atoms with Crippen LogP contribution in [0.15, 0.2) is 24.3 Å². The first kappa shape index (κ1) is 13.8. The van der Waals surface area contributed by atoms with Gasteiger partial charge in [-0.05, 0) is 24.6 Å². The molecule has 0 amide bonds. The van der Waals surface area contributed by atoms with Gasteiger partial charge in [-0.1, -0.05) is 45.0 Å². The number of thiazole rings is 1. The summed E-state index contributed by atoms with van der Waals surface area (Å²) in [4.78, 5) is 6.39. The van der Waals surface area contributed by atoms with E-state index < -0.39 is 0 Å². The molecule has 1 aromatic carbocycles. The van der Waals surface area contributed by atoms with Crippen molar-refractivity contribution in [2.24, 2.45) is 0 Å². The number of nitrogens with one attached hydrogen (secondary N) is 1. The lowest BCUT2D eigenvalue weighted by Gasteiger charge is -2.28. The summed E-state index contributed by atoms with van der Waals surface area (Å²) in [6.07, 6.45) is 1.15. The van der Waals surface area contributed by atoms with Gasteiger partial charge in [-0.15, -0.1) is 11.3 Å². The van der Waals surface area contributed by atoms with E-state index in [1.54, 1.807) is 0 Å². The highest BCUT2D eigenvalue weighted by molar-refractivity contribution is 7.11. The average molecular weight is 286 g/mol. The van der Waals surface area contributed by atoms with Crippen molar-refractivity contribution < 1.29 is 0 Å². The maximum atomic E-state index is 5.00. The van der Waals surface area contributed by atoms with Crippen LogP contribution in [0.5, 0.6) is 0 Å². The van der Waals surface area contributed by atoms with Gasteiger partial charge in [0.05, 0.1) is 5.69 Å². The van der Waals surface area contributed by atoms with E-state index in [0.29, 0.717) is 5.92 Å². The van der Waals surface area contributed by atoms with E-state index in [2.05, 4.69) is 50.4 Å². The van der Waals surface area contributed by atoms with E-state index >= 15 is 0 Å². The SMILES string of the molecule is CNCc1sc(C2Cc3ccccc32)nc1C(C)(C)C. The molecule has 0 radical (unpaired) electrons. The third kappa shape index (κ3) is 2.29. The largest absolute Gasteiger partial charge is 0.315 e. The molecule has 1 unspecified atom stereocenters. The summed E-state index contributed by atoms with van der Waals surface area (Å²) in [5.41, 5.74) is 4.33. The van der Waals surface area contributed by atoms with Gasteiger partial charge in [0.15, 0.2) is 0 Å². The summed E-state index contributed by atoms with van der Waals surface area (Å²) in [7, 11) is 2.00. The van der Waals surface area contributed by atoms with Crippen molar-refractivity contribution in [3.63, 3.8) is 0 Å². The molecular formula is C17H22N2S. The molecule has 0 saturated heterocycles. The van der Waals surface area contributed by atoms with Crippen molar-refractivity contribution in [2.75, 3.05) is 7.05 Å². The van der Waals surface area contributed by atoms with Gasteiger partial charge in [0.1, 0.15) is 5.01 Å². The van der Waals surface area contributed by atoms with Gasteiger partial charge in [-0.2, -0.15) is 0 Å². The average Bonchev–Trinajstić information content (AvgIpc) is 2.75. The summed E-state index contributed by atoms with van der Waals surface area (Å²) < 4.78 is 0. The first-order valence-corrected chi connectivity index (χ1v) is 8.05. The van der Waals surface area contributed by atoms with Crippen LogP contribution in [0.1, 0.15) is 53.4 Å². The predicted octanol–water partition coefficient (Wildman–Crippen LogP) is 3.85. The third-order valence-corrected chi connectivity index (χ3v) is 5.08. The Bertz CT molecular complexity index is 622. The van der Waals surface area contributed by atoms with Crippen molar-refractivity contribution >= 4 is 11.3 Å². The van der Waals surface area contributed by atoms with E-state index in [-0.39, 0.29) is 5.41 Å². The number of benzene rings is 1. The molecule has 1 heterocycles. The Kier molecular flexibility index (Phi) is 3.43. The van der Waals surface area contributed by atoms with Crippen LogP contribution in [0, 0.1) is 0 Å². The number of hydrogen-bond acceptors (Lipinski definition) is 3. The van der Waals surface area contributed by atoms with Gasteiger partial charge < -0.3 is 5.32 Å². The standard InChI is InChI=1S/C17H22N2S/c1-17(2,3)15-14(10-18-4)20-16(19-15)13-9-11-7-5-6-8-12(11)13/h5-8,13,18H,9-10H2,1-4H3. The summed E-state index contributed by atoms with van der Waals surface area (Å²) in [6.45, 7) is 7.66. The minimum Gasteiger partial charge on any atom is -0.315 e. The topological polar surface area (TPSA) is 24.9 Å². The van der Waals surface area contributed by atoms with Crippen molar-refractivity contribution in [1.82, 2.24) is 10.3 Å². The van der Waals surface area contributed by atoms with E-state index in [9.17, 15) is 0 Å². The van der Waals surface area contributed by atoms with Crippen LogP contribution >= 0.6 is 11.3 Å². The van der Waals surface area contributed by atoms with E-state index in [0.717, 1.165) is 13.0 Å². The lowest BCUT2D eigenvalue weighted by Crippen LogP contribution is -2.19. The van der Waals surface area contributed by atoms with E-state index in [4.69, 9.17) is 4.98 Å². The Morgan fingerprint density at radius 3 is 2.70 bits per heavy atom. The summed E-state index contributed by atoms with van der Waals surface area (Å²) in [5, 5.41) is 4.56. The van der Waals surface area contributed by atoms with Crippen molar-refractivity contribution in [1.29, 1.82) is 0 Å². The van der Waals surface area contributed by atoms with E-state index in [1.165, 1.54) is 26.7 Å². The molecule has 2 nitrogen and oxygen atoms in total. The zero-order valence-electron chi connectivity index (χ0n) is 12.7. The third-order valence-electron chi connectivity index (χ3n) is 3.91. The molecule has 0 bridgehead atoms. The van der Waals surface area contributed by atoms with Crippen molar-refractivity contribution in [3.05, 3.63) is 51.0 Å². The Morgan fingerprint density at radius 1 is 1.30 bits per heavy atom. The molecule has 0 spiro atoms. The molecule has 1 aliphatic carbocycles. The van der Waals surface area contributed by atoms with Crippen LogP contribution in [-0.4, -0.2) is 12.0 Å². The minimum absolute atomic E-state index is 0.115. The fourth-order valence-corrected chi connectivity index (χ4v) is 4.27. The van der Waals surface area contributed by atoms with Gasteiger partial charge >= 0.3 is 0 Å². The Morgan fingerprint density at radius 2 is 2.05 bits per heavy atom. The number of aromatic nitrogens is 1. The van der Waals surface area contributed by atoms with Gasteiger partial charge in [0, 0.05) is 22.8 Å². The van der Waals surface area contributed by atoms with Gasteiger partial charge in [-0.25, -0.2) is 4.98 Å². The van der Waals surface area contributed by atoms with Crippen molar-refractivity contribution in [3.8, 4) is 0 Å². The second-order valence-electron chi connectivity index (χ2n) is 6.56. The van der Waals surface area contributed by atoms with Gasteiger partial charge in [0.25, 0.3) is 0 Å². The molecule has 1 aromatic heterocycles. The minimum atomic E-state index is 0.115. The second kappa shape index (κ2) is 4.97. The normalized spacial score (nSPS) is 17.7. The van der Waals surface area contributed by atoms with Crippen LogP contribution in [-0.2, 0) is 18.4 Å². The molecule has 3 heteroatoms. The van der Waals surface area contributed by atoms with E-state index in [1.807, 2.05) is 18.4 Å². The Labute approximate surface area is 125 Å². The fourth-order valence-electron chi connectivity index (χ4n) is 2.86. The number of nitrogens with zero attached hydrogens (tertiary/aromatic N) is 1. The highest BCUT2D eigenvalue weighted by Crippen LogP contribution is 2.43. The molecule has 0 saturated carbocycles. The van der Waals surface area contributed by atoms with Crippen LogP contribution in [0.2, 0.25) is 0 Å². The Balaban J connectivity index is 1.97. The molecule has 0 fully saturated rings. The molecule has 1 aliphatic rings. The van der Waals surface area contributed by atoms with Crippen LogP contribution < -0.4 is 5.32 Å². The summed E-state index contributed by atoms with van der Waals surface area (Å²) >= 11 is 1.88. The van der Waals surface area contributed by atoms with Gasteiger partial charge in [0.2, 0.25) is 0 Å². The molecule has 2 aromatic rings. The number of fused-ring (bicyclic) bond motifs is 1. The zero-order chi connectivity index (χ0) is 14.3. The van der Waals surface area contributed by atoms with Crippen LogP contribution in [0.3, 0.4) is 0 Å². The van der Waals surface area contributed by atoms with Crippen LogP contribution in [0.25, 0.3) is 0 Å². The smallest absolute Gasteiger partial charge is 0.101 e. The molecule has 3 rings (SSSR count). The predicted molar refractivity (Wildman–Crippen MR) is 85.6 cm³/mol. The number of hydrogen-bond donors (Lipinski definition) is 1. The maximum absolute atomic E-state index is 5.00. The number of rotatable bonds is 3. The lowest BCUT2D eigenvalue weighted by atomic mass is 9.78. The fraction of sp³-hybridized carbons (Fsp3) is 0.471. The van der Waals surface area contributed by atoms with Crippen molar-refractivity contribution in [2.45, 2.75) is 45.1 Å². The van der Waals surface area contributed by atoms with Gasteiger partial charge in [-0.3, -0.25) is 0 Å². The Hall–Kier alpha value is -1.19. The highest BCUT2D eigenvalue weighted by Gasteiger charge is 2.32. The molecule has 1 N–H and O–H groups in total. The second-order valence-corrected chi connectivity index (χ2v) is 7.67. The zero-order valence-corrected chi connectivity index (χ0v) is 13.5. The molecule has 1 atom stereocenters. The first-order valence-electron chi connectivity index (χ1n) is 7.23.